The van der Waals surface area contributed by atoms with Crippen LogP contribution in [0.4, 0.5) is 5.69 Å². The van der Waals surface area contributed by atoms with Crippen molar-refractivity contribution in [2.45, 2.75) is 66.5 Å². The summed E-state index contributed by atoms with van der Waals surface area (Å²) >= 11 is 0. The summed E-state index contributed by atoms with van der Waals surface area (Å²) in [6.45, 7) is 10.9. The van der Waals surface area contributed by atoms with Gasteiger partial charge in [0.05, 0.1) is 11.9 Å². The van der Waals surface area contributed by atoms with Crippen LogP contribution in [0.15, 0.2) is 48.5 Å². The van der Waals surface area contributed by atoms with E-state index >= 15 is 0 Å². The van der Waals surface area contributed by atoms with E-state index in [9.17, 15) is 18.0 Å². The van der Waals surface area contributed by atoms with E-state index in [2.05, 4.69) is 5.32 Å². The largest absolute Gasteiger partial charge is 0.354 e. The Labute approximate surface area is 216 Å². The molecular weight excluding hydrogens is 474 g/mol. The van der Waals surface area contributed by atoms with Crippen LogP contribution in [-0.2, 0) is 26.2 Å². The summed E-state index contributed by atoms with van der Waals surface area (Å²) in [4.78, 5) is 28.2. The Morgan fingerprint density at radius 2 is 1.72 bits per heavy atom. The van der Waals surface area contributed by atoms with Gasteiger partial charge in [-0.2, -0.15) is 0 Å². The second-order valence-corrected chi connectivity index (χ2v) is 11.7. The molecular formula is C28H41N3O4S. The first-order valence-electron chi connectivity index (χ1n) is 12.6. The highest BCUT2D eigenvalue weighted by atomic mass is 32.2. The SMILES string of the molecule is CCC(C(=O)NCC(C)C)N(Cc1ccccc1C)C(=O)CCCN(c1cccc(C)c1)S(C)(=O)=O. The van der Waals surface area contributed by atoms with Gasteiger partial charge in [-0.1, -0.05) is 57.2 Å². The number of carbonyl (C=O) groups excluding carboxylic acids is 2. The molecule has 7 nitrogen and oxygen atoms in total. The summed E-state index contributed by atoms with van der Waals surface area (Å²) in [5.41, 5.74) is 3.58. The molecule has 0 aromatic heterocycles. The fourth-order valence-electron chi connectivity index (χ4n) is 4.10. The van der Waals surface area contributed by atoms with E-state index in [4.69, 9.17) is 0 Å². The molecule has 0 spiro atoms. The molecule has 8 heteroatoms. The zero-order valence-electron chi connectivity index (χ0n) is 22.5. The maximum Gasteiger partial charge on any atom is 0.242 e. The number of sulfonamides is 1. The van der Waals surface area contributed by atoms with E-state index < -0.39 is 16.1 Å². The van der Waals surface area contributed by atoms with E-state index in [0.717, 1.165) is 16.7 Å². The number of aryl methyl sites for hydroxylation is 2. The van der Waals surface area contributed by atoms with E-state index in [1.54, 1.807) is 11.0 Å². The molecule has 2 aromatic carbocycles. The van der Waals surface area contributed by atoms with Crippen molar-refractivity contribution in [2.24, 2.45) is 5.92 Å². The number of anilines is 1. The van der Waals surface area contributed by atoms with Crippen LogP contribution >= 0.6 is 0 Å². The van der Waals surface area contributed by atoms with Gasteiger partial charge in [-0.3, -0.25) is 13.9 Å². The average molecular weight is 516 g/mol. The third-order valence-corrected chi connectivity index (χ3v) is 7.31. The van der Waals surface area contributed by atoms with Crippen molar-refractivity contribution in [2.75, 3.05) is 23.7 Å². The summed E-state index contributed by atoms with van der Waals surface area (Å²) in [5.74, 6) is -0.0243. The van der Waals surface area contributed by atoms with Gasteiger partial charge in [0, 0.05) is 26.1 Å². The minimum absolute atomic E-state index is 0.137. The van der Waals surface area contributed by atoms with Crippen molar-refractivity contribution in [3.8, 4) is 0 Å². The fraction of sp³-hybridized carbons (Fsp3) is 0.500. The molecule has 1 atom stereocenters. The number of nitrogens with one attached hydrogen (secondary N) is 1. The van der Waals surface area contributed by atoms with Crippen LogP contribution in [0.2, 0.25) is 0 Å². The molecule has 198 valence electrons. The van der Waals surface area contributed by atoms with Crippen LogP contribution in [0.5, 0.6) is 0 Å². The molecule has 2 amide bonds. The first-order chi connectivity index (χ1) is 16.9. The molecule has 0 bridgehead atoms. The number of carbonyl (C=O) groups is 2. The second-order valence-electron chi connectivity index (χ2n) is 9.79. The molecule has 1 unspecified atom stereocenters. The standard InChI is InChI=1S/C28H41N3O4S/c1-7-26(28(33)29-19-21(2)3)30(20-24-14-9-8-13-23(24)5)27(32)16-11-17-31(36(6,34)35)25-15-10-12-22(4)18-25/h8-10,12-15,18,21,26H,7,11,16-17,19-20H2,1-6H3,(H,29,33). The smallest absolute Gasteiger partial charge is 0.242 e. The van der Waals surface area contributed by atoms with Gasteiger partial charge in [0.25, 0.3) is 0 Å². The van der Waals surface area contributed by atoms with Crippen molar-refractivity contribution in [3.63, 3.8) is 0 Å². The van der Waals surface area contributed by atoms with Crippen LogP contribution in [-0.4, -0.2) is 50.5 Å². The molecule has 0 aliphatic carbocycles. The number of benzene rings is 2. The van der Waals surface area contributed by atoms with Gasteiger partial charge in [-0.15, -0.1) is 0 Å². The molecule has 0 radical (unpaired) electrons. The van der Waals surface area contributed by atoms with Crippen LogP contribution in [0.3, 0.4) is 0 Å². The van der Waals surface area contributed by atoms with Gasteiger partial charge < -0.3 is 10.2 Å². The lowest BCUT2D eigenvalue weighted by molar-refractivity contribution is -0.141. The molecule has 1 N–H and O–H groups in total. The quantitative estimate of drug-likeness (QED) is 0.428. The molecule has 36 heavy (non-hydrogen) atoms. The van der Waals surface area contributed by atoms with E-state index in [1.807, 2.05) is 77.1 Å². The summed E-state index contributed by atoms with van der Waals surface area (Å²) in [6, 6.07) is 14.5. The first-order valence-corrected chi connectivity index (χ1v) is 14.4. The van der Waals surface area contributed by atoms with Crippen molar-refractivity contribution in [1.29, 1.82) is 0 Å². The topological polar surface area (TPSA) is 86.8 Å². The van der Waals surface area contributed by atoms with E-state index in [1.165, 1.54) is 10.6 Å². The monoisotopic (exact) mass is 515 g/mol. The van der Waals surface area contributed by atoms with Gasteiger partial charge in [-0.25, -0.2) is 8.42 Å². The molecule has 0 aliphatic heterocycles. The van der Waals surface area contributed by atoms with Crippen molar-refractivity contribution in [1.82, 2.24) is 10.2 Å². The third kappa shape index (κ3) is 8.66. The Hall–Kier alpha value is -2.87. The predicted molar refractivity (Wildman–Crippen MR) is 146 cm³/mol. The lowest BCUT2D eigenvalue weighted by Gasteiger charge is -2.31. The molecule has 2 rings (SSSR count). The Balaban J connectivity index is 2.22. The van der Waals surface area contributed by atoms with Crippen LogP contribution in [0, 0.1) is 19.8 Å². The third-order valence-electron chi connectivity index (χ3n) is 6.11. The van der Waals surface area contributed by atoms with Crippen molar-refractivity contribution < 1.29 is 18.0 Å². The number of nitrogens with zero attached hydrogens (tertiary/aromatic N) is 2. The van der Waals surface area contributed by atoms with Crippen molar-refractivity contribution in [3.05, 3.63) is 65.2 Å². The van der Waals surface area contributed by atoms with Gasteiger partial charge >= 0.3 is 0 Å². The normalized spacial score (nSPS) is 12.3. The number of hydrogen-bond donors (Lipinski definition) is 1. The Morgan fingerprint density at radius 1 is 1.03 bits per heavy atom. The number of amides is 2. The summed E-state index contributed by atoms with van der Waals surface area (Å²) in [5, 5.41) is 2.97. The summed E-state index contributed by atoms with van der Waals surface area (Å²) in [7, 11) is -3.51. The van der Waals surface area contributed by atoms with Crippen LogP contribution in [0.25, 0.3) is 0 Å². The summed E-state index contributed by atoms with van der Waals surface area (Å²) < 4.78 is 26.3. The van der Waals surface area contributed by atoms with Gasteiger partial charge in [0.2, 0.25) is 21.8 Å². The predicted octanol–water partition coefficient (Wildman–Crippen LogP) is 4.43. The highest BCUT2D eigenvalue weighted by Gasteiger charge is 2.29. The highest BCUT2D eigenvalue weighted by Crippen LogP contribution is 2.21. The number of rotatable bonds is 13. The second kappa shape index (κ2) is 13.4. The molecule has 0 saturated heterocycles. The lowest BCUT2D eigenvalue weighted by atomic mass is 10.0. The Kier molecular flexibility index (Phi) is 11.0. The first kappa shape index (κ1) is 29.4. The maximum absolute atomic E-state index is 13.5. The molecule has 0 saturated carbocycles. The van der Waals surface area contributed by atoms with E-state index in [0.29, 0.717) is 37.5 Å². The molecule has 0 aliphatic rings. The minimum Gasteiger partial charge on any atom is -0.354 e. The minimum atomic E-state index is -3.51. The number of hydrogen-bond acceptors (Lipinski definition) is 4. The molecule has 0 heterocycles. The maximum atomic E-state index is 13.5. The lowest BCUT2D eigenvalue weighted by Crippen LogP contribution is -2.49. The Bertz CT molecular complexity index is 1130. The fourth-order valence-corrected chi connectivity index (χ4v) is 5.06. The van der Waals surface area contributed by atoms with Crippen molar-refractivity contribution >= 4 is 27.5 Å². The molecule has 2 aromatic rings. The summed E-state index contributed by atoms with van der Waals surface area (Å²) in [6.07, 6.45) is 2.14. The van der Waals surface area contributed by atoms with Gasteiger partial charge in [0.15, 0.2) is 0 Å². The van der Waals surface area contributed by atoms with Gasteiger partial charge in [0.1, 0.15) is 6.04 Å². The average Bonchev–Trinajstić information content (AvgIpc) is 2.80. The zero-order chi connectivity index (χ0) is 26.9. The Morgan fingerprint density at radius 3 is 2.31 bits per heavy atom. The zero-order valence-corrected chi connectivity index (χ0v) is 23.3. The van der Waals surface area contributed by atoms with Crippen LogP contribution < -0.4 is 9.62 Å². The van der Waals surface area contributed by atoms with Crippen LogP contribution in [0.1, 0.15) is 56.7 Å². The van der Waals surface area contributed by atoms with Gasteiger partial charge in [-0.05, 0) is 61.4 Å². The molecule has 0 fully saturated rings. The highest BCUT2D eigenvalue weighted by molar-refractivity contribution is 7.92. The van der Waals surface area contributed by atoms with E-state index in [-0.39, 0.29) is 24.8 Å².